The molecule has 26 heavy (non-hydrogen) atoms. The van der Waals surface area contributed by atoms with Gasteiger partial charge in [-0.05, 0) is 39.0 Å². The second-order valence-corrected chi connectivity index (χ2v) is 5.37. The van der Waals surface area contributed by atoms with Gasteiger partial charge in [0.15, 0.2) is 11.5 Å². The van der Waals surface area contributed by atoms with Crippen molar-refractivity contribution in [2.75, 3.05) is 19.8 Å². The summed E-state index contributed by atoms with van der Waals surface area (Å²) in [4.78, 5) is 12.5. The number of carbonyl (C=O) groups excluding carboxylic acids is 1. The van der Waals surface area contributed by atoms with E-state index >= 15 is 0 Å². The minimum absolute atomic E-state index is 0.0899. The highest BCUT2D eigenvalue weighted by atomic mass is 19.1. The first-order valence-corrected chi connectivity index (χ1v) is 8.68. The molecule has 0 aliphatic rings. The predicted octanol–water partition coefficient (Wildman–Crippen LogP) is 3.95. The van der Waals surface area contributed by atoms with Crippen LogP contribution in [0, 0.1) is 5.82 Å². The average molecular weight is 361 g/mol. The molecule has 0 saturated carbocycles. The Labute approximate surface area is 153 Å². The Balaban J connectivity index is 2.26. The van der Waals surface area contributed by atoms with Crippen LogP contribution in [0.1, 0.15) is 36.7 Å². The summed E-state index contributed by atoms with van der Waals surface area (Å²) in [7, 11) is 0. The van der Waals surface area contributed by atoms with Gasteiger partial charge in [0.1, 0.15) is 5.82 Å². The van der Waals surface area contributed by atoms with Crippen molar-refractivity contribution in [3.05, 3.63) is 53.3 Å². The molecule has 0 atom stereocenters. The fourth-order valence-electron chi connectivity index (χ4n) is 2.44. The van der Waals surface area contributed by atoms with Gasteiger partial charge in [0.25, 0.3) is 5.91 Å². The third kappa shape index (κ3) is 4.88. The highest BCUT2D eigenvalue weighted by Crippen LogP contribution is 2.39. The van der Waals surface area contributed by atoms with E-state index in [1.165, 1.54) is 6.07 Å². The minimum Gasteiger partial charge on any atom is -0.490 e. The Bertz CT molecular complexity index is 721. The van der Waals surface area contributed by atoms with Gasteiger partial charge in [-0.15, -0.1) is 0 Å². The number of amides is 1. The summed E-state index contributed by atoms with van der Waals surface area (Å²) >= 11 is 0. The van der Waals surface area contributed by atoms with Crippen LogP contribution < -0.4 is 19.5 Å². The quantitative estimate of drug-likeness (QED) is 0.735. The zero-order valence-corrected chi connectivity index (χ0v) is 15.3. The number of hydrogen-bond donors (Lipinski definition) is 1. The normalized spacial score (nSPS) is 10.3. The van der Waals surface area contributed by atoms with E-state index in [4.69, 9.17) is 14.2 Å². The van der Waals surface area contributed by atoms with Gasteiger partial charge in [-0.25, -0.2) is 4.39 Å². The lowest BCUT2D eigenvalue weighted by atomic mass is 10.1. The van der Waals surface area contributed by atoms with Crippen molar-refractivity contribution in [3.8, 4) is 17.2 Å². The lowest BCUT2D eigenvalue weighted by molar-refractivity contribution is 0.0949. The van der Waals surface area contributed by atoms with Crippen molar-refractivity contribution in [1.29, 1.82) is 0 Å². The van der Waals surface area contributed by atoms with Gasteiger partial charge in [-0.2, -0.15) is 0 Å². The van der Waals surface area contributed by atoms with E-state index in [1.807, 2.05) is 20.8 Å². The van der Waals surface area contributed by atoms with Crippen molar-refractivity contribution in [2.24, 2.45) is 0 Å². The zero-order valence-electron chi connectivity index (χ0n) is 15.3. The van der Waals surface area contributed by atoms with Crippen LogP contribution in [0.2, 0.25) is 0 Å². The van der Waals surface area contributed by atoms with Crippen LogP contribution in [0.3, 0.4) is 0 Å². The Morgan fingerprint density at radius 1 is 0.962 bits per heavy atom. The molecule has 2 aromatic carbocycles. The van der Waals surface area contributed by atoms with E-state index in [0.717, 1.165) is 0 Å². The standard InChI is InChI=1S/C20H24FNO4/c1-4-24-17-11-15(12-18(25-5-2)19(17)26-6-3)20(23)22-13-14-9-7-8-10-16(14)21/h7-12H,4-6,13H2,1-3H3,(H,22,23). The summed E-state index contributed by atoms with van der Waals surface area (Å²) in [6.07, 6.45) is 0. The predicted molar refractivity (Wildman–Crippen MR) is 97.5 cm³/mol. The smallest absolute Gasteiger partial charge is 0.251 e. The maximum atomic E-state index is 13.7. The van der Waals surface area contributed by atoms with Crippen LogP contribution in [0.5, 0.6) is 17.2 Å². The maximum absolute atomic E-state index is 13.7. The maximum Gasteiger partial charge on any atom is 0.251 e. The van der Waals surface area contributed by atoms with Crippen LogP contribution >= 0.6 is 0 Å². The lowest BCUT2D eigenvalue weighted by Crippen LogP contribution is -2.23. The van der Waals surface area contributed by atoms with Crippen LogP contribution in [-0.2, 0) is 6.54 Å². The minimum atomic E-state index is -0.357. The number of ether oxygens (including phenoxy) is 3. The highest BCUT2D eigenvalue weighted by molar-refractivity contribution is 5.95. The monoisotopic (exact) mass is 361 g/mol. The first-order valence-electron chi connectivity index (χ1n) is 8.68. The molecule has 0 spiro atoms. The van der Waals surface area contributed by atoms with Crippen molar-refractivity contribution in [2.45, 2.75) is 27.3 Å². The summed E-state index contributed by atoms with van der Waals surface area (Å²) in [5.41, 5.74) is 0.776. The van der Waals surface area contributed by atoms with Crippen LogP contribution in [0.25, 0.3) is 0 Å². The van der Waals surface area contributed by atoms with Gasteiger partial charge in [-0.3, -0.25) is 4.79 Å². The van der Waals surface area contributed by atoms with E-state index < -0.39 is 0 Å². The number of carbonyl (C=O) groups is 1. The first kappa shape index (κ1) is 19.6. The lowest BCUT2D eigenvalue weighted by Gasteiger charge is -2.17. The van der Waals surface area contributed by atoms with Crippen molar-refractivity contribution in [3.63, 3.8) is 0 Å². The fourth-order valence-corrected chi connectivity index (χ4v) is 2.44. The molecule has 0 aliphatic carbocycles. The molecule has 0 aliphatic heterocycles. The molecular weight excluding hydrogens is 337 g/mol. The molecule has 6 heteroatoms. The number of hydrogen-bond acceptors (Lipinski definition) is 4. The average Bonchev–Trinajstić information content (AvgIpc) is 2.63. The third-order valence-corrected chi connectivity index (χ3v) is 3.57. The van der Waals surface area contributed by atoms with Crippen molar-refractivity contribution >= 4 is 5.91 Å². The summed E-state index contributed by atoms with van der Waals surface area (Å²) in [5, 5.41) is 2.72. The molecule has 1 N–H and O–H groups in total. The molecule has 0 aromatic heterocycles. The highest BCUT2D eigenvalue weighted by Gasteiger charge is 2.18. The number of nitrogens with one attached hydrogen (secondary N) is 1. The summed E-state index contributed by atoms with van der Waals surface area (Å²) < 4.78 is 30.5. The summed E-state index contributed by atoms with van der Waals surface area (Å²) in [6, 6.07) is 9.53. The Morgan fingerprint density at radius 2 is 1.54 bits per heavy atom. The van der Waals surface area contributed by atoms with E-state index in [1.54, 1.807) is 30.3 Å². The van der Waals surface area contributed by atoms with Gasteiger partial charge < -0.3 is 19.5 Å². The molecule has 0 radical (unpaired) electrons. The third-order valence-electron chi connectivity index (χ3n) is 3.57. The van der Waals surface area contributed by atoms with E-state index in [0.29, 0.717) is 48.2 Å². The van der Waals surface area contributed by atoms with Crippen LogP contribution in [0.4, 0.5) is 4.39 Å². The molecule has 0 unspecified atom stereocenters. The van der Waals surface area contributed by atoms with Gasteiger partial charge in [0, 0.05) is 17.7 Å². The largest absolute Gasteiger partial charge is 0.490 e. The van der Waals surface area contributed by atoms with E-state index in [2.05, 4.69) is 5.32 Å². The van der Waals surface area contributed by atoms with Gasteiger partial charge in [0.2, 0.25) is 5.75 Å². The molecule has 2 aromatic rings. The van der Waals surface area contributed by atoms with Crippen LogP contribution in [0.15, 0.2) is 36.4 Å². The van der Waals surface area contributed by atoms with E-state index in [-0.39, 0.29) is 18.3 Å². The first-order chi connectivity index (χ1) is 12.6. The molecule has 1 amide bonds. The summed E-state index contributed by atoms with van der Waals surface area (Å²) in [5.74, 6) is 0.650. The number of benzene rings is 2. The topological polar surface area (TPSA) is 56.8 Å². The van der Waals surface area contributed by atoms with Gasteiger partial charge in [-0.1, -0.05) is 18.2 Å². The van der Waals surface area contributed by atoms with Crippen molar-refractivity contribution in [1.82, 2.24) is 5.32 Å². The molecule has 0 fully saturated rings. The fraction of sp³-hybridized carbons (Fsp3) is 0.350. The number of halogens is 1. The number of rotatable bonds is 9. The molecule has 0 bridgehead atoms. The second-order valence-electron chi connectivity index (χ2n) is 5.37. The molecule has 5 nitrogen and oxygen atoms in total. The molecule has 0 heterocycles. The Kier molecular flexibility index (Phi) is 7.26. The summed E-state index contributed by atoms with van der Waals surface area (Å²) in [6.45, 7) is 6.94. The van der Waals surface area contributed by atoms with Gasteiger partial charge in [0.05, 0.1) is 19.8 Å². The van der Waals surface area contributed by atoms with E-state index in [9.17, 15) is 9.18 Å². The molecule has 2 rings (SSSR count). The van der Waals surface area contributed by atoms with Crippen LogP contribution in [-0.4, -0.2) is 25.7 Å². The zero-order chi connectivity index (χ0) is 18.9. The molecule has 140 valence electrons. The Morgan fingerprint density at radius 3 is 2.08 bits per heavy atom. The van der Waals surface area contributed by atoms with Gasteiger partial charge >= 0.3 is 0 Å². The molecule has 0 saturated heterocycles. The van der Waals surface area contributed by atoms with Crippen molar-refractivity contribution < 1.29 is 23.4 Å². The second kappa shape index (κ2) is 9.65. The Hall–Kier alpha value is -2.76. The SMILES string of the molecule is CCOc1cc(C(=O)NCc2ccccc2F)cc(OCC)c1OCC. The molecular formula is C20H24FNO4.